The lowest BCUT2D eigenvalue weighted by atomic mass is 9.98. The van der Waals surface area contributed by atoms with Crippen LogP contribution in [-0.2, 0) is 11.3 Å². The van der Waals surface area contributed by atoms with E-state index in [0.29, 0.717) is 6.54 Å². The van der Waals surface area contributed by atoms with Gasteiger partial charge in [-0.1, -0.05) is 30.3 Å². The summed E-state index contributed by atoms with van der Waals surface area (Å²) in [7, 11) is 0. The molecule has 0 saturated carbocycles. The van der Waals surface area contributed by atoms with Crippen LogP contribution >= 0.6 is 0 Å². The van der Waals surface area contributed by atoms with Crippen LogP contribution in [0.5, 0.6) is 0 Å². The lowest BCUT2D eigenvalue weighted by molar-refractivity contribution is -0.138. The molecular formula is C14H20N2O. The first kappa shape index (κ1) is 12.1. The van der Waals surface area contributed by atoms with E-state index in [1.54, 1.807) is 0 Å². The van der Waals surface area contributed by atoms with Crippen LogP contribution in [0.4, 0.5) is 0 Å². The SMILES string of the molecule is CC1NC(C)(C)CN(Cc2ccccc2)C1=O. The number of rotatable bonds is 2. The molecule has 0 aromatic heterocycles. The fourth-order valence-electron chi connectivity index (χ4n) is 2.46. The van der Waals surface area contributed by atoms with Gasteiger partial charge in [0.15, 0.2) is 0 Å². The molecule has 0 aliphatic carbocycles. The molecule has 1 aliphatic rings. The summed E-state index contributed by atoms with van der Waals surface area (Å²) in [5.74, 6) is 0.188. The molecule has 1 unspecified atom stereocenters. The van der Waals surface area contributed by atoms with Gasteiger partial charge in [0.2, 0.25) is 5.91 Å². The maximum Gasteiger partial charge on any atom is 0.239 e. The van der Waals surface area contributed by atoms with Crippen molar-refractivity contribution in [1.29, 1.82) is 0 Å². The summed E-state index contributed by atoms with van der Waals surface area (Å²) < 4.78 is 0. The predicted octanol–water partition coefficient (Wildman–Crippen LogP) is 1.79. The van der Waals surface area contributed by atoms with Gasteiger partial charge in [0.05, 0.1) is 6.04 Å². The number of carbonyl (C=O) groups is 1. The van der Waals surface area contributed by atoms with Crippen LogP contribution in [0.2, 0.25) is 0 Å². The van der Waals surface area contributed by atoms with E-state index in [4.69, 9.17) is 0 Å². The molecule has 0 radical (unpaired) electrons. The average Bonchev–Trinajstić information content (AvgIpc) is 2.26. The molecule has 1 N–H and O–H groups in total. The summed E-state index contributed by atoms with van der Waals surface area (Å²) in [5.41, 5.74) is 1.17. The number of carbonyl (C=O) groups excluding carboxylic acids is 1. The molecule has 1 atom stereocenters. The summed E-state index contributed by atoms with van der Waals surface area (Å²) in [5, 5.41) is 3.33. The van der Waals surface area contributed by atoms with E-state index in [9.17, 15) is 4.79 Å². The Kier molecular flexibility index (Phi) is 3.20. The molecule has 1 aromatic rings. The zero-order chi connectivity index (χ0) is 12.5. The fourth-order valence-corrected chi connectivity index (χ4v) is 2.46. The molecule has 3 heteroatoms. The van der Waals surface area contributed by atoms with E-state index in [0.717, 1.165) is 6.54 Å². The molecular weight excluding hydrogens is 212 g/mol. The minimum atomic E-state index is -0.0949. The minimum absolute atomic E-state index is 0.0118. The van der Waals surface area contributed by atoms with Crippen molar-refractivity contribution in [3.63, 3.8) is 0 Å². The van der Waals surface area contributed by atoms with Crippen LogP contribution in [-0.4, -0.2) is 28.9 Å². The third kappa shape index (κ3) is 2.86. The molecule has 17 heavy (non-hydrogen) atoms. The Hall–Kier alpha value is -1.35. The van der Waals surface area contributed by atoms with Gasteiger partial charge in [-0.2, -0.15) is 0 Å². The van der Waals surface area contributed by atoms with E-state index in [1.165, 1.54) is 5.56 Å². The van der Waals surface area contributed by atoms with Crippen molar-refractivity contribution in [2.24, 2.45) is 0 Å². The standard InChI is InChI=1S/C14H20N2O/c1-11-13(17)16(10-14(2,3)15-11)9-12-7-5-4-6-8-12/h4-8,11,15H,9-10H2,1-3H3. The molecule has 1 amide bonds. The van der Waals surface area contributed by atoms with Crippen molar-refractivity contribution >= 4 is 5.91 Å². The third-order valence-electron chi connectivity index (χ3n) is 3.09. The summed E-state index contributed by atoms with van der Waals surface area (Å²) >= 11 is 0. The van der Waals surface area contributed by atoms with Crippen molar-refractivity contribution in [3.8, 4) is 0 Å². The van der Waals surface area contributed by atoms with Crippen molar-refractivity contribution in [2.75, 3.05) is 6.54 Å². The highest BCUT2D eigenvalue weighted by atomic mass is 16.2. The minimum Gasteiger partial charge on any atom is -0.335 e. The van der Waals surface area contributed by atoms with Gasteiger partial charge < -0.3 is 4.90 Å². The summed E-state index contributed by atoms with van der Waals surface area (Å²) in [6, 6.07) is 10.0. The third-order valence-corrected chi connectivity index (χ3v) is 3.09. The Morgan fingerprint density at radius 2 is 2.00 bits per heavy atom. The molecule has 0 spiro atoms. The van der Waals surface area contributed by atoms with Crippen LogP contribution in [0.15, 0.2) is 30.3 Å². The second-order valence-electron chi connectivity index (χ2n) is 5.43. The summed E-state index contributed by atoms with van der Waals surface area (Å²) in [4.78, 5) is 14.0. The van der Waals surface area contributed by atoms with Crippen LogP contribution < -0.4 is 5.32 Å². The molecule has 1 aromatic carbocycles. The molecule has 1 saturated heterocycles. The molecule has 2 rings (SSSR count). The van der Waals surface area contributed by atoms with E-state index in [2.05, 4.69) is 31.3 Å². The quantitative estimate of drug-likeness (QED) is 0.843. The van der Waals surface area contributed by atoms with Gasteiger partial charge in [0, 0.05) is 18.6 Å². The Labute approximate surface area is 103 Å². The normalized spacial score (nSPS) is 23.8. The van der Waals surface area contributed by atoms with Crippen molar-refractivity contribution in [3.05, 3.63) is 35.9 Å². The van der Waals surface area contributed by atoms with Crippen molar-refractivity contribution in [2.45, 2.75) is 38.9 Å². The highest BCUT2D eigenvalue weighted by Crippen LogP contribution is 2.17. The number of hydrogen-bond acceptors (Lipinski definition) is 2. The van der Waals surface area contributed by atoms with E-state index in [-0.39, 0.29) is 17.5 Å². The van der Waals surface area contributed by atoms with Gasteiger partial charge in [0.1, 0.15) is 0 Å². The first-order valence-corrected chi connectivity index (χ1v) is 6.08. The van der Waals surface area contributed by atoms with Gasteiger partial charge in [0.25, 0.3) is 0 Å². The topological polar surface area (TPSA) is 32.3 Å². The second-order valence-corrected chi connectivity index (χ2v) is 5.43. The number of hydrogen-bond donors (Lipinski definition) is 1. The second kappa shape index (κ2) is 4.49. The fraction of sp³-hybridized carbons (Fsp3) is 0.500. The molecule has 1 aliphatic heterocycles. The number of nitrogens with zero attached hydrogens (tertiary/aromatic N) is 1. The average molecular weight is 232 g/mol. The smallest absolute Gasteiger partial charge is 0.239 e. The van der Waals surface area contributed by atoms with Gasteiger partial charge in [-0.15, -0.1) is 0 Å². The Morgan fingerprint density at radius 3 is 2.65 bits per heavy atom. The highest BCUT2D eigenvalue weighted by Gasteiger charge is 2.35. The van der Waals surface area contributed by atoms with Gasteiger partial charge >= 0.3 is 0 Å². The summed E-state index contributed by atoms with van der Waals surface area (Å²) in [6.07, 6.45) is 0. The lowest BCUT2D eigenvalue weighted by Crippen LogP contribution is -2.63. The maximum absolute atomic E-state index is 12.1. The van der Waals surface area contributed by atoms with Crippen LogP contribution in [0.1, 0.15) is 26.3 Å². The van der Waals surface area contributed by atoms with Gasteiger partial charge in [-0.05, 0) is 26.3 Å². The van der Waals surface area contributed by atoms with Crippen LogP contribution in [0.25, 0.3) is 0 Å². The first-order chi connectivity index (χ1) is 7.98. The zero-order valence-electron chi connectivity index (χ0n) is 10.7. The predicted molar refractivity (Wildman–Crippen MR) is 68.5 cm³/mol. The highest BCUT2D eigenvalue weighted by molar-refractivity contribution is 5.82. The molecule has 1 heterocycles. The summed E-state index contributed by atoms with van der Waals surface area (Å²) in [6.45, 7) is 7.66. The molecule has 3 nitrogen and oxygen atoms in total. The molecule has 0 bridgehead atoms. The first-order valence-electron chi connectivity index (χ1n) is 6.08. The monoisotopic (exact) mass is 232 g/mol. The number of benzene rings is 1. The lowest BCUT2D eigenvalue weighted by Gasteiger charge is -2.42. The number of nitrogens with one attached hydrogen (secondary N) is 1. The number of amides is 1. The number of piperazine rings is 1. The Balaban J connectivity index is 2.12. The maximum atomic E-state index is 12.1. The van der Waals surface area contributed by atoms with Gasteiger partial charge in [-0.25, -0.2) is 0 Å². The van der Waals surface area contributed by atoms with E-state index < -0.39 is 0 Å². The molecule has 1 fully saturated rings. The zero-order valence-corrected chi connectivity index (χ0v) is 10.7. The van der Waals surface area contributed by atoms with Crippen LogP contribution in [0.3, 0.4) is 0 Å². The Bertz CT molecular complexity index is 400. The Morgan fingerprint density at radius 1 is 1.35 bits per heavy atom. The van der Waals surface area contributed by atoms with E-state index >= 15 is 0 Å². The van der Waals surface area contributed by atoms with Crippen LogP contribution in [0, 0.1) is 0 Å². The van der Waals surface area contributed by atoms with Gasteiger partial charge in [-0.3, -0.25) is 10.1 Å². The molecule has 92 valence electrons. The van der Waals surface area contributed by atoms with E-state index in [1.807, 2.05) is 30.0 Å². The van der Waals surface area contributed by atoms with Crippen molar-refractivity contribution < 1.29 is 4.79 Å². The van der Waals surface area contributed by atoms with Crippen molar-refractivity contribution in [1.82, 2.24) is 10.2 Å². The largest absolute Gasteiger partial charge is 0.335 e.